The Kier molecular flexibility index (Phi) is 6.24. The number of carbonyl (C=O) groups excluding carboxylic acids is 2. The number of hydrogen-bond donors (Lipinski definition) is 1. The zero-order valence-corrected chi connectivity index (χ0v) is 17.5. The molecule has 3 aliphatic heterocycles. The molecule has 1 spiro atoms. The molecule has 0 aromatic carbocycles. The molecular formula is C21H36N4O2. The van der Waals surface area contributed by atoms with Gasteiger partial charge in [0.05, 0.1) is 6.54 Å². The van der Waals surface area contributed by atoms with Gasteiger partial charge in [0.15, 0.2) is 0 Å². The maximum absolute atomic E-state index is 12.8. The number of rotatable bonds is 5. The molecule has 2 amide bonds. The van der Waals surface area contributed by atoms with Crippen molar-refractivity contribution in [3.05, 3.63) is 0 Å². The Morgan fingerprint density at radius 1 is 1.22 bits per heavy atom. The Morgan fingerprint density at radius 2 is 1.85 bits per heavy atom. The van der Waals surface area contributed by atoms with E-state index in [4.69, 9.17) is 4.99 Å². The second kappa shape index (κ2) is 8.29. The minimum Gasteiger partial charge on any atom is -0.341 e. The first-order valence-corrected chi connectivity index (χ1v) is 10.7. The van der Waals surface area contributed by atoms with Crippen LogP contribution in [0.3, 0.4) is 0 Å². The van der Waals surface area contributed by atoms with Gasteiger partial charge in [-0.25, -0.2) is 0 Å². The lowest BCUT2D eigenvalue weighted by Gasteiger charge is -2.41. The second-order valence-electron chi connectivity index (χ2n) is 9.16. The van der Waals surface area contributed by atoms with Crippen LogP contribution >= 0.6 is 0 Å². The molecule has 3 aliphatic rings. The minimum absolute atomic E-state index is 0.0339. The van der Waals surface area contributed by atoms with Crippen molar-refractivity contribution < 1.29 is 9.59 Å². The zero-order chi connectivity index (χ0) is 19.6. The van der Waals surface area contributed by atoms with Crippen molar-refractivity contribution in [1.82, 2.24) is 15.1 Å². The molecule has 2 atom stereocenters. The first kappa shape index (κ1) is 20.3. The highest BCUT2D eigenvalue weighted by atomic mass is 16.2. The highest BCUT2D eigenvalue weighted by molar-refractivity contribution is 6.08. The maximum Gasteiger partial charge on any atom is 0.253 e. The average molecular weight is 377 g/mol. The minimum atomic E-state index is -0.630. The molecule has 0 bridgehead atoms. The number of nitrogens with one attached hydrogen (secondary N) is 1. The van der Waals surface area contributed by atoms with E-state index in [9.17, 15) is 9.59 Å². The van der Waals surface area contributed by atoms with Gasteiger partial charge in [0, 0.05) is 31.6 Å². The van der Waals surface area contributed by atoms with Crippen molar-refractivity contribution >= 4 is 17.6 Å². The topological polar surface area (TPSA) is 65.0 Å². The van der Waals surface area contributed by atoms with Crippen LogP contribution in [0.1, 0.15) is 72.6 Å². The first-order chi connectivity index (χ1) is 12.8. The largest absolute Gasteiger partial charge is 0.341 e. The van der Waals surface area contributed by atoms with Gasteiger partial charge in [0.2, 0.25) is 5.91 Å². The number of hydrogen-bond acceptors (Lipinski definition) is 4. The molecule has 2 saturated heterocycles. The van der Waals surface area contributed by atoms with E-state index in [1.54, 1.807) is 0 Å². The summed E-state index contributed by atoms with van der Waals surface area (Å²) in [6.45, 7) is 10.6. The monoisotopic (exact) mass is 376 g/mol. The molecule has 27 heavy (non-hydrogen) atoms. The van der Waals surface area contributed by atoms with Gasteiger partial charge in [0.25, 0.3) is 5.91 Å². The maximum atomic E-state index is 12.8. The van der Waals surface area contributed by atoms with E-state index in [-0.39, 0.29) is 11.8 Å². The highest BCUT2D eigenvalue weighted by Gasteiger charge is 2.46. The Bertz CT molecular complexity index is 583. The molecule has 6 heteroatoms. The predicted molar refractivity (Wildman–Crippen MR) is 108 cm³/mol. The summed E-state index contributed by atoms with van der Waals surface area (Å²) in [5.74, 6) is 1.67. The van der Waals surface area contributed by atoms with Gasteiger partial charge < -0.3 is 10.2 Å². The third-order valence-corrected chi connectivity index (χ3v) is 6.63. The molecule has 0 aliphatic carbocycles. The lowest BCUT2D eigenvalue weighted by Crippen LogP contribution is -2.54. The van der Waals surface area contributed by atoms with Gasteiger partial charge in [0.1, 0.15) is 11.4 Å². The predicted octanol–water partition coefficient (Wildman–Crippen LogP) is 2.58. The fourth-order valence-corrected chi connectivity index (χ4v) is 4.64. The van der Waals surface area contributed by atoms with Crippen LogP contribution in [-0.4, -0.2) is 64.7 Å². The summed E-state index contributed by atoms with van der Waals surface area (Å²) in [6.07, 6.45) is 6.75. The van der Waals surface area contributed by atoms with Crippen LogP contribution in [0.25, 0.3) is 0 Å². The fraction of sp³-hybridized carbons (Fsp3) is 0.857. The molecule has 0 radical (unpaired) electrons. The molecule has 2 fully saturated rings. The molecular weight excluding hydrogens is 340 g/mol. The third kappa shape index (κ3) is 4.53. The number of aliphatic imine (C=N–C) groups is 1. The van der Waals surface area contributed by atoms with E-state index < -0.39 is 5.54 Å². The molecule has 6 nitrogen and oxygen atoms in total. The molecule has 0 aromatic heterocycles. The van der Waals surface area contributed by atoms with Crippen LogP contribution in [-0.2, 0) is 9.59 Å². The van der Waals surface area contributed by atoms with Gasteiger partial charge in [-0.2, -0.15) is 0 Å². The summed E-state index contributed by atoms with van der Waals surface area (Å²) < 4.78 is 0. The fourth-order valence-electron chi connectivity index (χ4n) is 4.64. The van der Waals surface area contributed by atoms with Crippen LogP contribution < -0.4 is 5.32 Å². The number of amides is 2. The van der Waals surface area contributed by atoms with Crippen molar-refractivity contribution in [2.45, 2.75) is 90.3 Å². The molecule has 0 aromatic rings. The summed E-state index contributed by atoms with van der Waals surface area (Å²) in [5.41, 5.74) is -0.630. The van der Waals surface area contributed by atoms with Gasteiger partial charge in [-0.05, 0) is 51.9 Å². The zero-order valence-electron chi connectivity index (χ0n) is 17.5. The van der Waals surface area contributed by atoms with Crippen molar-refractivity contribution in [3.8, 4) is 0 Å². The van der Waals surface area contributed by atoms with Crippen molar-refractivity contribution in [2.24, 2.45) is 10.9 Å². The quantitative estimate of drug-likeness (QED) is 0.802. The first-order valence-electron chi connectivity index (χ1n) is 10.7. The molecule has 0 saturated carbocycles. The lowest BCUT2D eigenvalue weighted by atomic mass is 9.88. The number of piperidine rings is 2. The average Bonchev–Trinajstić information content (AvgIpc) is 2.92. The van der Waals surface area contributed by atoms with E-state index in [0.717, 1.165) is 18.7 Å². The van der Waals surface area contributed by atoms with Crippen LogP contribution in [0.4, 0.5) is 0 Å². The number of nitrogens with zero attached hydrogens (tertiary/aromatic N) is 3. The molecule has 152 valence electrons. The van der Waals surface area contributed by atoms with Crippen LogP contribution in [0.5, 0.6) is 0 Å². The van der Waals surface area contributed by atoms with Gasteiger partial charge in [-0.15, -0.1) is 0 Å². The van der Waals surface area contributed by atoms with Gasteiger partial charge in [-0.1, -0.05) is 20.3 Å². The SMILES string of the molecule is CC(C)CCC1=NC2(CCN(C(=O)CN3[C@H](C)CCC[C@@H]3C)CC2)C(=O)N1. The van der Waals surface area contributed by atoms with Gasteiger partial charge in [-0.3, -0.25) is 19.5 Å². The van der Waals surface area contributed by atoms with Gasteiger partial charge >= 0.3 is 0 Å². The van der Waals surface area contributed by atoms with Crippen LogP contribution in [0, 0.1) is 5.92 Å². The van der Waals surface area contributed by atoms with E-state index in [0.29, 0.717) is 50.5 Å². The van der Waals surface area contributed by atoms with Crippen LogP contribution in [0.2, 0.25) is 0 Å². The Morgan fingerprint density at radius 3 is 2.44 bits per heavy atom. The van der Waals surface area contributed by atoms with E-state index in [1.165, 1.54) is 19.3 Å². The molecule has 1 N–H and O–H groups in total. The summed E-state index contributed by atoms with van der Waals surface area (Å²) in [5, 5.41) is 2.99. The standard InChI is InChI=1S/C21H36N4O2/c1-15(2)8-9-18-22-20(27)21(23-18)10-12-24(13-11-21)19(26)14-25-16(3)6-5-7-17(25)4/h15-17H,5-14H2,1-4H3,(H,22,23,27)/t16-,17+. The Balaban J connectivity index is 1.55. The van der Waals surface area contributed by atoms with Crippen molar-refractivity contribution in [2.75, 3.05) is 19.6 Å². The van der Waals surface area contributed by atoms with Crippen molar-refractivity contribution in [1.29, 1.82) is 0 Å². The lowest BCUT2D eigenvalue weighted by molar-refractivity contribution is -0.137. The van der Waals surface area contributed by atoms with E-state index in [2.05, 4.69) is 37.9 Å². The van der Waals surface area contributed by atoms with E-state index in [1.807, 2.05) is 4.90 Å². The summed E-state index contributed by atoms with van der Waals surface area (Å²) >= 11 is 0. The number of amidine groups is 1. The van der Waals surface area contributed by atoms with Crippen LogP contribution in [0.15, 0.2) is 4.99 Å². The summed E-state index contributed by atoms with van der Waals surface area (Å²) in [6, 6.07) is 0.949. The van der Waals surface area contributed by atoms with Crippen molar-refractivity contribution in [3.63, 3.8) is 0 Å². The van der Waals surface area contributed by atoms with E-state index >= 15 is 0 Å². The molecule has 0 unspecified atom stereocenters. The Labute approximate surface area is 163 Å². The normalized spacial score (nSPS) is 28.6. The highest BCUT2D eigenvalue weighted by Crippen LogP contribution is 2.31. The molecule has 3 rings (SSSR count). The smallest absolute Gasteiger partial charge is 0.253 e. The summed E-state index contributed by atoms with van der Waals surface area (Å²) in [4.78, 5) is 34.4. The number of carbonyl (C=O) groups is 2. The Hall–Kier alpha value is -1.43. The third-order valence-electron chi connectivity index (χ3n) is 6.63. The summed E-state index contributed by atoms with van der Waals surface area (Å²) in [7, 11) is 0. The second-order valence-corrected chi connectivity index (χ2v) is 9.16. The molecule has 3 heterocycles. The number of likely N-dealkylation sites (tertiary alicyclic amines) is 2.